The number of carbonyl (C=O) groups is 2. The minimum atomic E-state index is -0.236. The lowest BCUT2D eigenvalue weighted by Crippen LogP contribution is -2.24. The molecule has 1 aliphatic carbocycles. The number of hydrogen-bond donors (Lipinski definition) is 2. The molecule has 0 spiro atoms. The Balaban J connectivity index is 2.15. The predicted molar refractivity (Wildman–Crippen MR) is 91.1 cm³/mol. The smallest absolute Gasteiger partial charge is 0.198 e. The molecule has 24 heavy (non-hydrogen) atoms. The zero-order chi connectivity index (χ0) is 17.3. The van der Waals surface area contributed by atoms with Crippen LogP contribution in [0.15, 0.2) is 36.4 Å². The molecule has 0 saturated heterocycles. The fraction of sp³-hybridized carbons (Fsp3) is 0.263. The van der Waals surface area contributed by atoms with Gasteiger partial charge in [-0.2, -0.15) is 0 Å². The number of ketones is 2. The van der Waals surface area contributed by atoms with Gasteiger partial charge in [0.25, 0.3) is 0 Å². The molecule has 2 aromatic carbocycles. The molecule has 3 rings (SSSR count). The van der Waals surface area contributed by atoms with Crippen LogP contribution in [-0.4, -0.2) is 35.9 Å². The normalized spacial score (nSPS) is 12.8. The van der Waals surface area contributed by atoms with E-state index in [2.05, 4.69) is 5.32 Å². The van der Waals surface area contributed by atoms with E-state index in [0.717, 1.165) is 0 Å². The van der Waals surface area contributed by atoms with Gasteiger partial charge in [-0.25, -0.2) is 0 Å². The van der Waals surface area contributed by atoms with Gasteiger partial charge >= 0.3 is 0 Å². The van der Waals surface area contributed by atoms with E-state index in [1.165, 1.54) is 0 Å². The van der Waals surface area contributed by atoms with Gasteiger partial charge in [-0.15, -0.1) is 0 Å². The van der Waals surface area contributed by atoms with Crippen LogP contribution in [-0.2, 0) is 0 Å². The molecule has 5 heteroatoms. The quantitative estimate of drug-likeness (QED) is 0.754. The van der Waals surface area contributed by atoms with Crippen molar-refractivity contribution in [2.75, 3.05) is 18.5 Å². The Hall–Kier alpha value is -2.66. The first kappa shape index (κ1) is 16.2. The third-order valence-corrected chi connectivity index (χ3v) is 3.83. The number of carbonyl (C=O) groups excluding carboxylic acids is 2. The van der Waals surface area contributed by atoms with Gasteiger partial charge in [0, 0.05) is 22.9 Å². The molecule has 0 amide bonds. The minimum absolute atomic E-state index is 0.0692. The van der Waals surface area contributed by atoms with Crippen LogP contribution in [0.3, 0.4) is 0 Å². The van der Waals surface area contributed by atoms with Crippen molar-refractivity contribution >= 4 is 17.3 Å². The maximum absolute atomic E-state index is 13.0. The van der Waals surface area contributed by atoms with E-state index in [1.54, 1.807) is 36.4 Å². The second-order valence-electron chi connectivity index (χ2n) is 5.94. The molecule has 0 bridgehead atoms. The highest BCUT2D eigenvalue weighted by Gasteiger charge is 2.34. The lowest BCUT2D eigenvalue weighted by Gasteiger charge is -2.23. The first-order valence-corrected chi connectivity index (χ1v) is 7.90. The summed E-state index contributed by atoms with van der Waals surface area (Å²) in [4.78, 5) is 25.9. The average Bonchev–Trinajstić information content (AvgIpc) is 2.57. The molecule has 0 unspecified atom stereocenters. The number of nitrogens with one attached hydrogen (secondary N) is 1. The van der Waals surface area contributed by atoms with Gasteiger partial charge in [-0.05, 0) is 26.0 Å². The maximum Gasteiger partial charge on any atom is 0.198 e. The summed E-state index contributed by atoms with van der Waals surface area (Å²) in [6.07, 6.45) is 0. The van der Waals surface area contributed by atoms with Crippen molar-refractivity contribution in [1.29, 1.82) is 0 Å². The molecular weight excluding hydrogens is 306 g/mol. The molecule has 1 aliphatic rings. The van der Waals surface area contributed by atoms with Crippen molar-refractivity contribution in [3.63, 3.8) is 0 Å². The van der Waals surface area contributed by atoms with Crippen LogP contribution < -0.4 is 10.1 Å². The van der Waals surface area contributed by atoms with E-state index in [0.29, 0.717) is 28.1 Å². The largest absolute Gasteiger partial charge is 0.490 e. The van der Waals surface area contributed by atoms with Crippen LogP contribution in [0.5, 0.6) is 5.75 Å². The maximum atomic E-state index is 13.0. The minimum Gasteiger partial charge on any atom is -0.490 e. The third kappa shape index (κ3) is 2.67. The molecule has 0 radical (unpaired) electrons. The molecule has 2 N–H and O–H groups in total. The fourth-order valence-corrected chi connectivity index (χ4v) is 2.92. The zero-order valence-electron chi connectivity index (χ0n) is 13.6. The Morgan fingerprint density at radius 1 is 1.00 bits per heavy atom. The van der Waals surface area contributed by atoms with Crippen LogP contribution in [0, 0.1) is 0 Å². The molecule has 0 saturated carbocycles. The molecule has 0 atom stereocenters. The summed E-state index contributed by atoms with van der Waals surface area (Å²) in [5.41, 5.74) is 2.04. The van der Waals surface area contributed by atoms with Gasteiger partial charge in [0.2, 0.25) is 0 Å². The number of rotatable bonds is 5. The Labute approximate surface area is 140 Å². The summed E-state index contributed by atoms with van der Waals surface area (Å²) in [7, 11) is 0. The molecular formula is C19H19NO4. The van der Waals surface area contributed by atoms with Gasteiger partial charge < -0.3 is 15.2 Å². The standard InChI is InChI=1S/C19H19NO4/c1-11(2)20-14-7-3-5-12-16(14)18(22)13-6-4-8-15(24-10-9-21)17(13)19(12)23/h3-8,11,20-21H,9-10H2,1-2H3. The number of aliphatic hydroxyl groups excluding tert-OH is 1. The number of hydrogen-bond acceptors (Lipinski definition) is 5. The Bertz CT molecular complexity index is 811. The van der Waals surface area contributed by atoms with Crippen LogP contribution in [0.25, 0.3) is 0 Å². The lowest BCUT2D eigenvalue weighted by atomic mass is 9.82. The van der Waals surface area contributed by atoms with E-state index in [1.807, 2.05) is 13.8 Å². The summed E-state index contributed by atoms with van der Waals surface area (Å²) in [5.74, 6) is -0.105. The predicted octanol–water partition coefficient (Wildman–Crippen LogP) is 2.65. The number of ether oxygens (including phenoxy) is 1. The molecule has 0 aliphatic heterocycles. The summed E-state index contributed by atoms with van der Waals surface area (Å²) >= 11 is 0. The Morgan fingerprint density at radius 3 is 2.29 bits per heavy atom. The second-order valence-corrected chi connectivity index (χ2v) is 5.94. The van der Waals surface area contributed by atoms with Crippen molar-refractivity contribution in [3.8, 4) is 5.75 Å². The Morgan fingerprint density at radius 2 is 1.62 bits per heavy atom. The SMILES string of the molecule is CC(C)Nc1cccc2c1C(=O)c1cccc(OCCO)c1C2=O. The highest BCUT2D eigenvalue weighted by Crippen LogP contribution is 2.36. The number of fused-ring (bicyclic) bond motifs is 2. The van der Waals surface area contributed by atoms with Crippen molar-refractivity contribution in [1.82, 2.24) is 0 Å². The highest BCUT2D eigenvalue weighted by atomic mass is 16.5. The third-order valence-electron chi connectivity index (χ3n) is 3.83. The number of benzene rings is 2. The van der Waals surface area contributed by atoms with Crippen LogP contribution in [0.1, 0.15) is 45.7 Å². The van der Waals surface area contributed by atoms with Gasteiger partial charge in [-0.3, -0.25) is 9.59 Å². The van der Waals surface area contributed by atoms with Gasteiger partial charge in [0.1, 0.15) is 12.4 Å². The number of anilines is 1. The molecule has 0 aromatic heterocycles. The first-order chi connectivity index (χ1) is 11.5. The average molecular weight is 325 g/mol. The lowest BCUT2D eigenvalue weighted by molar-refractivity contribution is 0.0975. The first-order valence-electron chi connectivity index (χ1n) is 7.90. The van der Waals surface area contributed by atoms with Crippen molar-refractivity contribution in [2.24, 2.45) is 0 Å². The molecule has 124 valence electrons. The van der Waals surface area contributed by atoms with E-state index >= 15 is 0 Å². The fourth-order valence-electron chi connectivity index (χ4n) is 2.92. The highest BCUT2D eigenvalue weighted by molar-refractivity contribution is 6.31. The number of aliphatic hydroxyl groups is 1. The van der Waals surface area contributed by atoms with Crippen LogP contribution >= 0.6 is 0 Å². The summed E-state index contributed by atoms with van der Waals surface area (Å²) in [6.45, 7) is 3.86. The second kappa shape index (κ2) is 6.45. The van der Waals surface area contributed by atoms with Crippen molar-refractivity contribution in [3.05, 3.63) is 58.7 Å². The van der Waals surface area contributed by atoms with Crippen molar-refractivity contribution < 1.29 is 19.4 Å². The van der Waals surface area contributed by atoms with E-state index in [4.69, 9.17) is 9.84 Å². The van der Waals surface area contributed by atoms with Crippen LogP contribution in [0.2, 0.25) is 0 Å². The Kier molecular flexibility index (Phi) is 4.36. The summed E-state index contributed by atoms with van der Waals surface area (Å²) < 4.78 is 5.44. The van der Waals surface area contributed by atoms with Crippen LogP contribution in [0.4, 0.5) is 5.69 Å². The van der Waals surface area contributed by atoms with Gasteiger partial charge in [0.05, 0.1) is 17.7 Å². The molecule has 5 nitrogen and oxygen atoms in total. The molecule has 0 heterocycles. The zero-order valence-corrected chi connectivity index (χ0v) is 13.6. The summed E-state index contributed by atoms with van der Waals surface area (Å²) in [5, 5.41) is 12.2. The molecule has 2 aromatic rings. The topological polar surface area (TPSA) is 75.6 Å². The van der Waals surface area contributed by atoms with E-state index in [9.17, 15) is 9.59 Å². The summed E-state index contributed by atoms with van der Waals surface area (Å²) in [6, 6.07) is 10.3. The van der Waals surface area contributed by atoms with Crippen molar-refractivity contribution in [2.45, 2.75) is 19.9 Å². The van der Waals surface area contributed by atoms with E-state index < -0.39 is 0 Å². The van der Waals surface area contributed by atoms with Gasteiger partial charge in [-0.1, -0.05) is 24.3 Å². The van der Waals surface area contributed by atoms with E-state index in [-0.39, 0.29) is 36.4 Å². The van der Waals surface area contributed by atoms with Gasteiger partial charge in [0.15, 0.2) is 11.6 Å². The monoisotopic (exact) mass is 325 g/mol. The molecule has 0 fully saturated rings.